The molecular formula is C14H18N4O. The number of hydrogen-bond acceptors (Lipinski definition) is 3. The van der Waals surface area contributed by atoms with E-state index in [-0.39, 0.29) is 11.9 Å². The summed E-state index contributed by atoms with van der Waals surface area (Å²) in [6.45, 7) is 5.04. The van der Waals surface area contributed by atoms with Crippen molar-refractivity contribution in [3.63, 3.8) is 0 Å². The predicted molar refractivity (Wildman–Crippen MR) is 75.2 cm³/mol. The third-order valence-electron chi connectivity index (χ3n) is 3.72. The molecule has 1 aromatic heterocycles. The van der Waals surface area contributed by atoms with E-state index in [0.717, 1.165) is 30.4 Å². The number of fused-ring (bicyclic) bond motifs is 1. The average molecular weight is 258 g/mol. The molecule has 1 aliphatic heterocycles. The van der Waals surface area contributed by atoms with Crippen LogP contribution in [-0.4, -0.2) is 28.5 Å². The van der Waals surface area contributed by atoms with Crippen molar-refractivity contribution in [2.24, 2.45) is 0 Å². The average Bonchev–Trinajstić information content (AvgIpc) is 2.98. The quantitative estimate of drug-likeness (QED) is 0.770. The van der Waals surface area contributed by atoms with Crippen molar-refractivity contribution in [3.8, 4) is 0 Å². The molecule has 100 valence electrons. The Morgan fingerprint density at radius 3 is 2.89 bits per heavy atom. The maximum Gasteiger partial charge on any atom is 0.243 e. The second-order valence-corrected chi connectivity index (χ2v) is 5.18. The highest BCUT2D eigenvalue weighted by Gasteiger charge is 2.22. The molecule has 2 aromatic rings. The molecular weight excluding hydrogens is 240 g/mol. The van der Waals surface area contributed by atoms with Crippen LogP contribution < -0.4 is 10.6 Å². The van der Waals surface area contributed by atoms with Crippen LogP contribution in [0.4, 0.5) is 5.95 Å². The van der Waals surface area contributed by atoms with Gasteiger partial charge < -0.3 is 10.3 Å². The summed E-state index contributed by atoms with van der Waals surface area (Å²) in [4.78, 5) is 19.5. The van der Waals surface area contributed by atoms with Crippen LogP contribution in [0.5, 0.6) is 0 Å². The lowest BCUT2D eigenvalue weighted by Gasteiger charge is -2.08. The molecule has 1 aliphatic rings. The van der Waals surface area contributed by atoms with Crippen LogP contribution in [0.1, 0.15) is 24.0 Å². The molecule has 0 spiro atoms. The number of amides is 1. The van der Waals surface area contributed by atoms with Crippen molar-refractivity contribution in [2.45, 2.75) is 32.7 Å². The summed E-state index contributed by atoms with van der Waals surface area (Å²) < 4.78 is 0. The Morgan fingerprint density at radius 2 is 2.16 bits per heavy atom. The Bertz CT molecular complexity index is 587. The summed E-state index contributed by atoms with van der Waals surface area (Å²) in [6, 6.07) is 4.00. The fourth-order valence-electron chi connectivity index (χ4n) is 2.44. The molecule has 0 radical (unpaired) electrons. The van der Waals surface area contributed by atoms with E-state index in [1.807, 2.05) is 6.07 Å². The highest BCUT2D eigenvalue weighted by Crippen LogP contribution is 2.19. The van der Waals surface area contributed by atoms with Crippen molar-refractivity contribution < 1.29 is 4.79 Å². The number of imidazole rings is 1. The zero-order valence-corrected chi connectivity index (χ0v) is 11.2. The third-order valence-corrected chi connectivity index (χ3v) is 3.72. The normalized spacial score (nSPS) is 18.9. The lowest BCUT2D eigenvalue weighted by atomic mass is 10.1. The number of nitrogens with zero attached hydrogens (tertiary/aromatic N) is 1. The molecule has 0 bridgehead atoms. The molecule has 2 heterocycles. The summed E-state index contributed by atoms with van der Waals surface area (Å²) in [5.74, 6) is 0.517. The Kier molecular flexibility index (Phi) is 2.98. The van der Waals surface area contributed by atoms with Gasteiger partial charge in [-0.1, -0.05) is 0 Å². The summed E-state index contributed by atoms with van der Waals surface area (Å²) >= 11 is 0. The third kappa shape index (κ3) is 2.33. The minimum atomic E-state index is -0.0864. The van der Waals surface area contributed by atoms with Gasteiger partial charge in [0.15, 0.2) is 0 Å². The first-order chi connectivity index (χ1) is 9.13. The maximum absolute atomic E-state index is 12.0. The van der Waals surface area contributed by atoms with Gasteiger partial charge in [0.2, 0.25) is 11.9 Å². The van der Waals surface area contributed by atoms with Crippen molar-refractivity contribution in [1.29, 1.82) is 0 Å². The molecule has 3 rings (SSSR count). The molecule has 3 N–H and O–H groups in total. The fourth-order valence-corrected chi connectivity index (χ4v) is 2.44. The second kappa shape index (κ2) is 4.66. The van der Waals surface area contributed by atoms with Crippen molar-refractivity contribution in [1.82, 2.24) is 15.3 Å². The molecule has 1 fully saturated rings. The smallest absolute Gasteiger partial charge is 0.243 e. The first kappa shape index (κ1) is 12.2. The number of aryl methyl sites for hydroxylation is 2. The summed E-state index contributed by atoms with van der Waals surface area (Å²) in [5, 5.41) is 6.02. The van der Waals surface area contributed by atoms with E-state index in [2.05, 4.69) is 40.5 Å². The van der Waals surface area contributed by atoms with Gasteiger partial charge in [0.1, 0.15) is 0 Å². The number of H-pyrrole nitrogens is 1. The first-order valence-corrected chi connectivity index (χ1v) is 6.65. The van der Waals surface area contributed by atoms with E-state index < -0.39 is 0 Å². The Labute approximate surface area is 111 Å². The maximum atomic E-state index is 12.0. The highest BCUT2D eigenvalue weighted by atomic mass is 16.2. The molecule has 0 unspecified atom stereocenters. The van der Waals surface area contributed by atoms with E-state index in [0.29, 0.717) is 5.95 Å². The van der Waals surface area contributed by atoms with Crippen LogP contribution in [0.25, 0.3) is 11.0 Å². The zero-order chi connectivity index (χ0) is 13.4. The molecule has 19 heavy (non-hydrogen) atoms. The van der Waals surface area contributed by atoms with Crippen LogP contribution in [0.15, 0.2) is 12.1 Å². The number of carbonyl (C=O) groups excluding carboxylic acids is 1. The molecule has 0 saturated carbocycles. The molecule has 0 aliphatic carbocycles. The number of benzene rings is 1. The van der Waals surface area contributed by atoms with Gasteiger partial charge in [0, 0.05) is 0 Å². The monoisotopic (exact) mass is 258 g/mol. The summed E-state index contributed by atoms with van der Waals surface area (Å²) in [6.07, 6.45) is 1.95. The van der Waals surface area contributed by atoms with Crippen LogP contribution in [0.2, 0.25) is 0 Å². The number of hydrogen-bond donors (Lipinski definition) is 3. The largest absolute Gasteiger partial charge is 0.324 e. The molecule has 1 aromatic carbocycles. The van der Waals surface area contributed by atoms with Gasteiger partial charge in [-0.2, -0.15) is 0 Å². The molecule has 5 heteroatoms. The minimum Gasteiger partial charge on any atom is -0.324 e. The van der Waals surface area contributed by atoms with Crippen LogP contribution in [0.3, 0.4) is 0 Å². The van der Waals surface area contributed by atoms with Crippen molar-refractivity contribution in [2.75, 3.05) is 11.9 Å². The van der Waals surface area contributed by atoms with E-state index in [1.165, 1.54) is 11.1 Å². The van der Waals surface area contributed by atoms with Crippen LogP contribution >= 0.6 is 0 Å². The van der Waals surface area contributed by atoms with Crippen molar-refractivity contribution >= 4 is 22.9 Å². The van der Waals surface area contributed by atoms with E-state index in [1.54, 1.807) is 0 Å². The Balaban J connectivity index is 1.83. The van der Waals surface area contributed by atoms with Crippen molar-refractivity contribution in [3.05, 3.63) is 23.3 Å². The fraction of sp³-hybridized carbons (Fsp3) is 0.429. The van der Waals surface area contributed by atoms with Crippen LogP contribution in [0, 0.1) is 13.8 Å². The molecule has 1 amide bonds. The first-order valence-electron chi connectivity index (χ1n) is 6.65. The highest BCUT2D eigenvalue weighted by molar-refractivity contribution is 5.95. The number of rotatable bonds is 2. The van der Waals surface area contributed by atoms with E-state index in [9.17, 15) is 4.79 Å². The van der Waals surface area contributed by atoms with Crippen LogP contribution in [-0.2, 0) is 4.79 Å². The SMILES string of the molecule is Cc1cc2nc(NC(=O)[C@@H]3CCCN3)[nH]c2cc1C. The van der Waals surface area contributed by atoms with E-state index >= 15 is 0 Å². The van der Waals surface area contributed by atoms with Gasteiger partial charge >= 0.3 is 0 Å². The molecule has 1 saturated heterocycles. The lowest BCUT2D eigenvalue weighted by molar-refractivity contribution is -0.117. The topological polar surface area (TPSA) is 69.8 Å². The number of aromatic nitrogens is 2. The van der Waals surface area contributed by atoms with Gasteiger partial charge in [-0.05, 0) is 56.5 Å². The molecule has 5 nitrogen and oxygen atoms in total. The predicted octanol–water partition coefficient (Wildman–Crippen LogP) is 1.87. The number of anilines is 1. The van der Waals surface area contributed by atoms with Gasteiger partial charge in [-0.15, -0.1) is 0 Å². The van der Waals surface area contributed by atoms with Gasteiger partial charge in [-0.3, -0.25) is 10.1 Å². The van der Waals surface area contributed by atoms with E-state index in [4.69, 9.17) is 0 Å². The standard InChI is InChI=1S/C14H18N4O/c1-8-6-11-12(7-9(8)2)17-14(16-11)18-13(19)10-4-3-5-15-10/h6-7,10,15H,3-5H2,1-2H3,(H2,16,17,18,19)/t10-/m0/s1. The summed E-state index contributed by atoms with van der Waals surface area (Å²) in [7, 11) is 0. The Hall–Kier alpha value is -1.88. The Morgan fingerprint density at radius 1 is 1.37 bits per heavy atom. The number of carbonyl (C=O) groups is 1. The number of aromatic amines is 1. The lowest BCUT2D eigenvalue weighted by Crippen LogP contribution is -2.35. The zero-order valence-electron chi connectivity index (χ0n) is 11.2. The summed E-state index contributed by atoms with van der Waals surface area (Å²) in [5.41, 5.74) is 4.26. The second-order valence-electron chi connectivity index (χ2n) is 5.18. The minimum absolute atomic E-state index is 0.00926. The van der Waals surface area contributed by atoms with Gasteiger partial charge in [0.05, 0.1) is 17.1 Å². The number of nitrogens with one attached hydrogen (secondary N) is 3. The van der Waals surface area contributed by atoms with Gasteiger partial charge in [-0.25, -0.2) is 4.98 Å². The molecule has 1 atom stereocenters. The van der Waals surface area contributed by atoms with Gasteiger partial charge in [0.25, 0.3) is 0 Å².